The Morgan fingerprint density at radius 3 is 2.52 bits per heavy atom. The summed E-state index contributed by atoms with van der Waals surface area (Å²) in [5, 5.41) is 6.54. The Balaban J connectivity index is 2.37. The van der Waals surface area contributed by atoms with Crippen molar-refractivity contribution in [1.29, 1.82) is 0 Å². The lowest BCUT2D eigenvalue weighted by molar-refractivity contribution is 0.627. The second-order valence-electron chi connectivity index (χ2n) is 4.31. The van der Waals surface area contributed by atoms with Gasteiger partial charge in [-0.1, -0.05) is 18.5 Å². The summed E-state index contributed by atoms with van der Waals surface area (Å²) in [5.74, 6) is 1.65. The van der Waals surface area contributed by atoms with E-state index in [1.165, 1.54) is 12.1 Å². The van der Waals surface area contributed by atoms with Crippen LogP contribution in [0.5, 0.6) is 0 Å². The van der Waals surface area contributed by atoms with Crippen molar-refractivity contribution in [2.24, 2.45) is 0 Å². The molecule has 112 valence electrons. The molecule has 0 fully saturated rings. The Hall–Kier alpha value is -1.40. The van der Waals surface area contributed by atoms with Crippen LogP contribution in [-0.2, 0) is 6.42 Å². The van der Waals surface area contributed by atoms with Gasteiger partial charge in [0.05, 0.1) is 10.7 Å². The van der Waals surface area contributed by atoms with Crippen LogP contribution in [0.3, 0.4) is 0 Å². The van der Waals surface area contributed by atoms with Crippen molar-refractivity contribution in [2.75, 3.05) is 17.2 Å². The van der Waals surface area contributed by atoms with Crippen LogP contribution in [-0.4, -0.2) is 16.5 Å². The standard InChI is InChI=1S/C14H15BrClFN4/c1-3-11-19-12(18-4-2)7-13(20-11)21-14-9(15)5-8(17)6-10(14)16/h5-7H,3-4H2,1-2H3,(H2,18,19,20,21). The molecule has 0 unspecified atom stereocenters. The van der Waals surface area contributed by atoms with E-state index in [4.69, 9.17) is 11.6 Å². The minimum absolute atomic E-state index is 0.281. The highest BCUT2D eigenvalue weighted by Gasteiger charge is 2.10. The molecule has 0 radical (unpaired) electrons. The summed E-state index contributed by atoms with van der Waals surface area (Å²) in [5.41, 5.74) is 0.571. The predicted octanol–water partition coefficient (Wildman–Crippen LogP) is 4.77. The number of benzene rings is 1. The van der Waals surface area contributed by atoms with Crippen LogP contribution in [0, 0.1) is 5.82 Å². The summed E-state index contributed by atoms with van der Waals surface area (Å²) in [6, 6.07) is 4.39. The normalized spacial score (nSPS) is 10.5. The molecule has 0 aliphatic heterocycles. The van der Waals surface area contributed by atoms with Crippen LogP contribution in [0.2, 0.25) is 5.02 Å². The molecule has 0 bridgehead atoms. The second-order valence-corrected chi connectivity index (χ2v) is 5.57. The number of nitrogens with zero attached hydrogens (tertiary/aromatic N) is 2. The Labute approximate surface area is 136 Å². The van der Waals surface area contributed by atoms with E-state index in [2.05, 4.69) is 36.5 Å². The molecule has 1 aromatic heterocycles. The third-order valence-electron chi connectivity index (χ3n) is 2.71. The van der Waals surface area contributed by atoms with E-state index in [1.54, 1.807) is 6.07 Å². The zero-order valence-corrected chi connectivity index (χ0v) is 14.0. The van der Waals surface area contributed by atoms with Crippen molar-refractivity contribution in [1.82, 2.24) is 9.97 Å². The summed E-state index contributed by atoms with van der Waals surface area (Å²) in [7, 11) is 0. The van der Waals surface area contributed by atoms with Gasteiger partial charge >= 0.3 is 0 Å². The van der Waals surface area contributed by atoms with Gasteiger partial charge in [-0.05, 0) is 35.0 Å². The van der Waals surface area contributed by atoms with Crippen LogP contribution in [0.15, 0.2) is 22.7 Å². The minimum Gasteiger partial charge on any atom is -0.370 e. The lowest BCUT2D eigenvalue weighted by atomic mass is 10.3. The van der Waals surface area contributed by atoms with E-state index in [9.17, 15) is 4.39 Å². The van der Waals surface area contributed by atoms with E-state index >= 15 is 0 Å². The largest absolute Gasteiger partial charge is 0.370 e. The van der Waals surface area contributed by atoms with Crippen molar-refractivity contribution < 1.29 is 4.39 Å². The number of aryl methyl sites for hydroxylation is 1. The smallest absolute Gasteiger partial charge is 0.136 e. The average molecular weight is 374 g/mol. The van der Waals surface area contributed by atoms with Gasteiger partial charge in [-0.15, -0.1) is 0 Å². The highest BCUT2D eigenvalue weighted by atomic mass is 79.9. The molecule has 0 aliphatic carbocycles. The van der Waals surface area contributed by atoms with Crippen LogP contribution >= 0.6 is 27.5 Å². The molecule has 7 heteroatoms. The van der Waals surface area contributed by atoms with Gasteiger partial charge in [-0.3, -0.25) is 0 Å². The summed E-state index contributed by atoms with van der Waals surface area (Å²) >= 11 is 9.36. The molecule has 1 heterocycles. The van der Waals surface area contributed by atoms with Crippen LogP contribution in [0.25, 0.3) is 0 Å². The molecule has 2 N–H and O–H groups in total. The quantitative estimate of drug-likeness (QED) is 0.792. The summed E-state index contributed by atoms with van der Waals surface area (Å²) in [4.78, 5) is 8.77. The molecule has 2 rings (SSSR count). The monoisotopic (exact) mass is 372 g/mol. The molecule has 4 nitrogen and oxygen atoms in total. The third-order valence-corrected chi connectivity index (χ3v) is 3.63. The summed E-state index contributed by atoms with van der Waals surface area (Å²) in [6.45, 7) is 4.74. The second kappa shape index (κ2) is 7.04. The molecule has 0 saturated carbocycles. The van der Waals surface area contributed by atoms with E-state index in [1.807, 2.05) is 13.8 Å². The SMILES string of the molecule is CCNc1cc(Nc2c(Cl)cc(F)cc2Br)nc(CC)n1. The maximum Gasteiger partial charge on any atom is 0.136 e. The van der Waals surface area contributed by atoms with Gasteiger partial charge in [0.2, 0.25) is 0 Å². The highest BCUT2D eigenvalue weighted by molar-refractivity contribution is 9.10. The molecular formula is C14H15BrClFN4. The fourth-order valence-electron chi connectivity index (χ4n) is 1.78. The first-order valence-electron chi connectivity index (χ1n) is 6.56. The Morgan fingerprint density at radius 1 is 1.19 bits per heavy atom. The minimum atomic E-state index is -0.400. The number of nitrogens with one attached hydrogen (secondary N) is 2. The molecule has 0 saturated heterocycles. The van der Waals surface area contributed by atoms with Gasteiger partial charge in [-0.25, -0.2) is 14.4 Å². The van der Waals surface area contributed by atoms with Gasteiger partial charge in [0.25, 0.3) is 0 Å². The first-order chi connectivity index (χ1) is 10.0. The van der Waals surface area contributed by atoms with Crippen molar-refractivity contribution >= 4 is 44.9 Å². The maximum absolute atomic E-state index is 13.3. The van der Waals surface area contributed by atoms with Gasteiger partial charge in [0, 0.05) is 23.5 Å². The van der Waals surface area contributed by atoms with E-state index < -0.39 is 5.82 Å². The molecule has 0 spiro atoms. The van der Waals surface area contributed by atoms with Crippen molar-refractivity contribution in [2.45, 2.75) is 20.3 Å². The lowest BCUT2D eigenvalue weighted by Crippen LogP contribution is -2.06. The van der Waals surface area contributed by atoms with Crippen molar-refractivity contribution in [3.63, 3.8) is 0 Å². The first-order valence-corrected chi connectivity index (χ1v) is 7.74. The topological polar surface area (TPSA) is 49.8 Å². The fraction of sp³-hybridized carbons (Fsp3) is 0.286. The number of halogens is 3. The summed E-state index contributed by atoms with van der Waals surface area (Å²) in [6.07, 6.45) is 0.715. The Kier molecular flexibility index (Phi) is 5.36. The molecule has 0 aliphatic rings. The molecule has 1 aromatic carbocycles. The first kappa shape index (κ1) is 16.0. The van der Waals surface area contributed by atoms with Gasteiger partial charge < -0.3 is 10.6 Å². The van der Waals surface area contributed by atoms with E-state index in [0.717, 1.165) is 12.4 Å². The number of aromatic nitrogens is 2. The van der Waals surface area contributed by atoms with Crippen LogP contribution < -0.4 is 10.6 Å². The number of hydrogen-bond donors (Lipinski definition) is 2. The number of anilines is 3. The number of rotatable bonds is 5. The Bertz CT molecular complexity index is 628. The predicted molar refractivity (Wildman–Crippen MR) is 88.0 cm³/mol. The molecule has 21 heavy (non-hydrogen) atoms. The fourth-order valence-corrected chi connectivity index (χ4v) is 2.68. The van der Waals surface area contributed by atoms with Gasteiger partial charge in [-0.2, -0.15) is 0 Å². The van der Waals surface area contributed by atoms with E-state index in [0.29, 0.717) is 28.2 Å². The zero-order chi connectivity index (χ0) is 15.4. The van der Waals surface area contributed by atoms with E-state index in [-0.39, 0.29) is 5.02 Å². The molecular weight excluding hydrogens is 359 g/mol. The molecule has 0 atom stereocenters. The average Bonchev–Trinajstić information content (AvgIpc) is 2.43. The Morgan fingerprint density at radius 2 is 1.90 bits per heavy atom. The van der Waals surface area contributed by atoms with Crippen molar-refractivity contribution in [3.8, 4) is 0 Å². The number of hydrogen-bond acceptors (Lipinski definition) is 4. The summed E-state index contributed by atoms with van der Waals surface area (Å²) < 4.78 is 13.8. The molecule has 2 aromatic rings. The third kappa shape index (κ3) is 4.04. The molecule has 0 amide bonds. The van der Waals surface area contributed by atoms with Gasteiger partial charge in [0.1, 0.15) is 23.3 Å². The van der Waals surface area contributed by atoms with Crippen LogP contribution in [0.1, 0.15) is 19.7 Å². The van der Waals surface area contributed by atoms with Crippen LogP contribution in [0.4, 0.5) is 21.7 Å². The van der Waals surface area contributed by atoms with Crippen molar-refractivity contribution in [3.05, 3.63) is 39.3 Å². The highest BCUT2D eigenvalue weighted by Crippen LogP contribution is 2.33. The zero-order valence-electron chi connectivity index (χ0n) is 11.7. The maximum atomic E-state index is 13.3. The van der Waals surface area contributed by atoms with Gasteiger partial charge in [0.15, 0.2) is 0 Å². The lowest BCUT2D eigenvalue weighted by Gasteiger charge is -2.12.